The molecule has 0 bridgehead atoms. The molecule has 0 radical (unpaired) electrons. The highest BCUT2D eigenvalue weighted by Crippen LogP contribution is 2.39. The van der Waals surface area contributed by atoms with Gasteiger partial charge >= 0.3 is 6.09 Å². The number of rotatable bonds is 4. The summed E-state index contributed by atoms with van der Waals surface area (Å²) in [4.78, 5) is 47.9. The third-order valence-electron chi connectivity index (χ3n) is 4.12. The van der Waals surface area contributed by atoms with Crippen molar-refractivity contribution in [3.63, 3.8) is 0 Å². The summed E-state index contributed by atoms with van der Waals surface area (Å²) in [6.45, 7) is 0. The van der Waals surface area contributed by atoms with Gasteiger partial charge in [0.1, 0.15) is 10.6 Å². The summed E-state index contributed by atoms with van der Waals surface area (Å²) >= 11 is 1.23. The van der Waals surface area contributed by atoms with Gasteiger partial charge in [0.15, 0.2) is 0 Å². The van der Waals surface area contributed by atoms with E-state index in [-0.39, 0.29) is 21.8 Å². The first-order valence-electron chi connectivity index (χ1n) is 8.01. The fourth-order valence-corrected chi connectivity index (χ4v) is 4.22. The van der Waals surface area contributed by atoms with Gasteiger partial charge in [0.05, 0.1) is 17.6 Å². The molecule has 9 nitrogen and oxygen atoms in total. The Morgan fingerprint density at radius 1 is 1.19 bits per heavy atom. The van der Waals surface area contributed by atoms with Crippen LogP contribution in [0.1, 0.15) is 37.6 Å². The van der Waals surface area contributed by atoms with E-state index in [2.05, 4.69) is 15.4 Å². The first-order valence-corrected chi connectivity index (χ1v) is 8.82. The van der Waals surface area contributed by atoms with Crippen molar-refractivity contribution < 1.29 is 24.0 Å². The SMILES string of the molecule is COC(=O)NC(=O)c1c(NC(=O)c2ccccc2[N+](=O)[O-])sc2c1CCC2. The largest absolute Gasteiger partial charge is 0.453 e. The van der Waals surface area contributed by atoms with Gasteiger partial charge in [0.25, 0.3) is 17.5 Å². The fraction of sp³-hybridized carbons (Fsp3) is 0.235. The van der Waals surface area contributed by atoms with Crippen molar-refractivity contribution in [1.29, 1.82) is 0 Å². The van der Waals surface area contributed by atoms with Gasteiger partial charge in [-0.3, -0.25) is 25.0 Å². The fourth-order valence-electron chi connectivity index (χ4n) is 2.93. The number of alkyl carbamates (subject to hydrolysis) is 1. The number of thiophene rings is 1. The van der Waals surface area contributed by atoms with E-state index in [0.717, 1.165) is 30.4 Å². The van der Waals surface area contributed by atoms with E-state index in [9.17, 15) is 24.5 Å². The number of nitro benzene ring substituents is 1. The number of carbonyl (C=O) groups is 3. The summed E-state index contributed by atoms with van der Waals surface area (Å²) in [6, 6.07) is 5.54. The Labute approximate surface area is 157 Å². The van der Waals surface area contributed by atoms with Crippen molar-refractivity contribution in [3.8, 4) is 0 Å². The lowest BCUT2D eigenvalue weighted by atomic mass is 10.1. The number of benzene rings is 1. The molecule has 2 N–H and O–H groups in total. The molecule has 140 valence electrons. The van der Waals surface area contributed by atoms with Gasteiger partial charge in [-0.1, -0.05) is 12.1 Å². The number of anilines is 1. The maximum atomic E-state index is 12.6. The van der Waals surface area contributed by atoms with Crippen LogP contribution in [0, 0.1) is 10.1 Å². The number of ether oxygens (including phenoxy) is 1. The second-order valence-corrected chi connectivity index (χ2v) is 6.84. The van der Waals surface area contributed by atoms with E-state index in [0.29, 0.717) is 6.42 Å². The van der Waals surface area contributed by atoms with Gasteiger partial charge in [-0.15, -0.1) is 11.3 Å². The van der Waals surface area contributed by atoms with Gasteiger partial charge in [-0.2, -0.15) is 0 Å². The third kappa shape index (κ3) is 3.65. The average Bonchev–Trinajstić information content (AvgIpc) is 3.21. The summed E-state index contributed by atoms with van der Waals surface area (Å²) < 4.78 is 4.44. The molecule has 1 aliphatic rings. The number of hydrogen-bond acceptors (Lipinski definition) is 7. The number of carbonyl (C=O) groups excluding carboxylic acids is 3. The number of aryl methyl sites for hydroxylation is 1. The Morgan fingerprint density at radius 3 is 2.63 bits per heavy atom. The monoisotopic (exact) mass is 389 g/mol. The minimum Gasteiger partial charge on any atom is -0.453 e. The smallest absolute Gasteiger partial charge is 0.413 e. The number of para-hydroxylation sites is 1. The molecule has 3 rings (SSSR count). The second-order valence-electron chi connectivity index (χ2n) is 5.74. The predicted molar refractivity (Wildman–Crippen MR) is 97.3 cm³/mol. The lowest BCUT2D eigenvalue weighted by Gasteiger charge is -2.08. The lowest BCUT2D eigenvalue weighted by Crippen LogP contribution is -2.31. The summed E-state index contributed by atoms with van der Waals surface area (Å²) in [6.07, 6.45) is 1.38. The highest BCUT2D eigenvalue weighted by Gasteiger charge is 2.29. The van der Waals surface area contributed by atoms with E-state index in [1.807, 2.05) is 0 Å². The van der Waals surface area contributed by atoms with Gasteiger partial charge in [-0.05, 0) is 30.9 Å². The molecular weight excluding hydrogens is 374 g/mol. The Kier molecular flexibility index (Phi) is 5.17. The number of nitrogens with one attached hydrogen (secondary N) is 2. The van der Waals surface area contributed by atoms with Crippen molar-refractivity contribution in [1.82, 2.24) is 5.32 Å². The van der Waals surface area contributed by atoms with Crippen LogP contribution in [-0.4, -0.2) is 29.9 Å². The van der Waals surface area contributed by atoms with Crippen molar-refractivity contribution >= 4 is 39.9 Å². The Morgan fingerprint density at radius 2 is 1.93 bits per heavy atom. The van der Waals surface area contributed by atoms with Crippen molar-refractivity contribution in [2.75, 3.05) is 12.4 Å². The van der Waals surface area contributed by atoms with E-state index in [1.165, 1.54) is 35.6 Å². The van der Waals surface area contributed by atoms with Gasteiger partial charge in [-0.25, -0.2) is 4.79 Å². The van der Waals surface area contributed by atoms with Crippen LogP contribution in [0.2, 0.25) is 0 Å². The highest BCUT2D eigenvalue weighted by atomic mass is 32.1. The second kappa shape index (κ2) is 7.54. The number of methoxy groups -OCH3 is 1. The molecule has 1 aliphatic carbocycles. The lowest BCUT2D eigenvalue weighted by molar-refractivity contribution is -0.385. The van der Waals surface area contributed by atoms with Gasteiger partial charge in [0, 0.05) is 10.9 Å². The zero-order valence-corrected chi connectivity index (χ0v) is 15.1. The zero-order chi connectivity index (χ0) is 19.6. The molecule has 1 aromatic heterocycles. The molecule has 0 saturated heterocycles. The molecule has 0 fully saturated rings. The minimum absolute atomic E-state index is 0.115. The quantitative estimate of drug-likeness (QED) is 0.611. The first kappa shape index (κ1) is 18.5. The topological polar surface area (TPSA) is 128 Å². The molecule has 27 heavy (non-hydrogen) atoms. The van der Waals surface area contributed by atoms with Crippen LogP contribution in [-0.2, 0) is 17.6 Å². The molecule has 10 heteroatoms. The highest BCUT2D eigenvalue weighted by molar-refractivity contribution is 7.17. The molecule has 0 aliphatic heterocycles. The van der Waals surface area contributed by atoms with E-state index in [4.69, 9.17) is 0 Å². The molecule has 2 aromatic rings. The summed E-state index contributed by atoms with van der Waals surface area (Å²) in [5, 5.41) is 16.1. The number of hydrogen-bond donors (Lipinski definition) is 2. The average molecular weight is 389 g/mol. The van der Waals surface area contributed by atoms with Crippen molar-refractivity contribution in [2.24, 2.45) is 0 Å². The van der Waals surface area contributed by atoms with Crippen LogP contribution >= 0.6 is 11.3 Å². The van der Waals surface area contributed by atoms with Crippen molar-refractivity contribution in [3.05, 3.63) is 55.9 Å². The normalized spacial score (nSPS) is 12.2. The third-order valence-corrected chi connectivity index (χ3v) is 5.33. The Balaban J connectivity index is 1.94. The van der Waals surface area contributed by atoms with Crippen LogP contribution in [0.3, 0.4) is 0 Å². The molecule has 0 saturated carbocycles. The molecular formula is C17H15N3O6S. The molecule has 1 aromatic carbocycles. The van der Waals surface area contributed by atoms with Crippen LogP contribution in [0.4, 0.5) is 15.5 Å². The van der Waals surface area contributed by atoms with Crippen LogP contribution in [0.25, 0.3) is 0 Å². The van der Waals surface area contributed by atoms with E-state index >= 15 is 0 Å². The van der Waals surface area contributed by atoms with Gasteiger partial charge < -0.3 is 10.1 Å². The molecule has 0 unspecified atom stereocenters. The van der Waals surface area contributed by atoms with Crippen LogP contribution in [0.5, 0.6) is 0 Å². The zero-order valence-electron chi connectivity index (χ0n) is 14.2. The predicted octanol–water partition coefficient (Wildman–Crippen LogP) is 2.89. The van der Waals surface area contributed by atoms with Gasteiger partial charge in [0.2, 0.25) is 0 Å². The van der Waals surface area contributed by atoms with E-state index < -0.39 is 22.8 Å². The summed E-state index contributed by atoms with van der Waals surface area (Å²) in [7, 11) is 1.14. The Bertz CT molecular complexity index is 952. The van der Waals surface area contributed by atoms with Crippen LogP contribution in [0.15, 0.2) is 24.3 Å². The van der Waals surface area contributed by atoms with E-state index in [1.54, 1.807) is 0 Å². The molecule has 1 heterocycles. The Hall–Kier alpha value is -3.27. The maximum Gasteiger partial charge on any atom is 0.413 e. The number of nitrogens with zero attached hydrogens (tertiary/aromatic N) is 1. The maximum absolute atomic E-state index is 12.6. The number of nitro groups is 1. The summed E-state index contributed by atoms with van der Waals surface area (Å²) in [5.41, 5.74) is 0.527. The minimum atomic E-state index is -0.908. The molecule has 0 atom stereocenters. The first-order chi connectivity index (χ1) is 12.9. The molecule has 0 spiro atoms. The number of fused-ring (bicyclic) bond motifs is 1. The molecule has 3 amide bonds. The standard InChI is InChI=1S/C17H15N3O6S/c1-26-17(23)19-15(22)13-10-6-4-8-12(10)27-16(13)18-14(21)9-5-2-3-7-11(9)20(24)25/h2-3,5,7H,4,6,8H2,1H3,(H,18,21)(H,19,22,23). The summed E-state index contributed by atoms with van der Waals surface area (Å²) in [5.74, 6) is -1.38. The van der Waals surface area contributed by atoms with Crippen LogP contribution < -0.4 is 10.6 Å². The number of amides is 3. The number of imide groups is 1. The van der Waals surface area contributed by atoms with Crippen molar-refractivity contribution in [2.45, 2.75) is 19.3 Å².